The Morgan fingerprint density at radius 3 is 1.81 bits per heavy atom. The second kappa shape index (κ2) is 22.0. The van der Waals surface area contributed by atoms with E-state index in [0.29, 0.717) is 0 Å². The van der Waals surface area contributed by atoms with Crippen molar-refractivity contribution in [3.63, 3.8) is 0 Å². The lowest BCUT2D eigenvalue weighted by Gasteiger charge is -2.39. The van der Waals surface area contributed by atoms with Gasteiger partial charge in [-0.25, -0.2) is 0 Å². The van der Waals surface area contributed by atoms with Crippen LogP contribution in [0.3, 0.4) is 0 Å². The van der Waals surface area contributed by atoms with Crippen LogP contribution in [0, 0.1) is 0 Å². The molecule has 0 aliphatic carbocycles. The minimum Gasteiger partial charge on any atom is -1.00 e. The highest BCUT2D eigenvalue weighted by molar-refractivity contribution is 7.99. The van der Waals surface area contributed by atoms with Gasteiger partial charge in [-0.15, -0.1) is 0 Å². The van der Waals surface area contributed by atoms with E-state index in [1.165, 1.54) is 103 Å². The van der Waals surface area contributed by atoms with E-state index in [2.05, 4.69) is 14.0 Å². The number of quaternary nitrogens is 1. The Morgan fingerprint density at radius 2 is 1.34 bits per heavy atom. The van der Waals surface area contributed by atoms with Gasteiger partial charge in [-0.2, -0.15) is 11.8 Å². The molecule has 192 valence electrons. The number of rotatable bonds is 20. The Labute approximate surface area is 220 Å². The Balaban J connectivity index is 0.00000961. The number of unbranched alkanes of at least 4 members (excludes halogenated alkanes) is 13. The van der Waals surface area contributed by atoms with Gasteiger partial charge < -0.3 is 37.9 Å². The maximum absolute atomic E-state index is 11.5. The maximum Gasteiger partial charge on any atom is 0.303 e. The van der Waals surface area contributed by atoms with Crippen molar-refractivity contribution in [3.05, 3.63) is 0 Å². The molecule has 0 saturated carbocycles. The van der Waals surface area contributed by atoms with Crippen molar-refractivity contribution in [1.29, 1.82) is 0 Å². The average Bonchev–Trinajstić information content (AvgIpc) is 2.73. The number of thioether (sulfide) groups is 1. The summed E-state index contributed by atoms with van der Waals surface area (Å²) in [6, 6.07) is 0. The summed E-state index contributed by atoms with van der Waals surface area (Å²) in [4.78, 5) is 11.5. The number of carbonyl (C=O) groups is 1. The molecule has 1 aliphatic rings. The van der Waals surface area contributed by atoms with Crippen LogP contribution in [0.1, 0.15) is 104 Å². The van der Waals surface area contributed by atoms with Crippen LogP contribution < -0.4 is 24.0 Å². The van der Waals surface area contributed by atoms with Crippen LogP contribution in [0.4, 0.5) is 0 Å². The minimum absolute atomic E-state index is 0. The lowest BCUT2D eigenvalue weighted by Crippen LogP contribution is -3.00. The highest BCUT2D eigenvalue weighted by Crippen LogP contribution is 2.17. The van der Waals surface area contributed by atoms with Crippen molar-refractivity contribution in [2.24, 2.45) is 0 Å². The highest BCUT2D eigenvalue weighted by Gasteiger charge is 2.30. The van der Waals surface area contributed by atoms with Crippen molar-refractivity contribution >= 4 is 17.7 Å². The highest BCUT2D eigenvalue weighted by atomic mass is 127. The molecule has 6 heteroatoms. The van der Waals surface area contributed by atoms with E-state index in [0.717, 1.165) is 43.1 Å². The van der Waals surface area contributed by atoms with E-state index in [-0.39, 0.29) is 36.0 Å². The van der Waals surface area contributed by atoms with Crippen LogP contribution in [0.2, 0.25) is 0 Å². The SMILES string of the molecule is CCCCCCCCCCCCCCCCSCC(C[N+]1(C)CCOCC1)OC(C)=O.[I-]. The third-order valence-corrected chi connectivity index (χ3v) is 7.66. The topological polar surface area (TPSA) is 35.5 Å². The Kier molecular flexibility index (Phi) is 22.3. The Hall–Kier alpha value is 0.470. The molecule has 1 atom stereocenters. The van der Waals surface area contributed by atoms with Gasteiger partial charge in [-0.3, -0.25) is 4.79 Å². The lowest BCUT2D eigenvalue weighted by atomic mass is 10.0. The fourth-order valence-corrected chi connectivity index (χ4v) is 5.44. The first-order valence-corrected chi connectivity index (χ1v) is 14.4. The summed E-state index contributed by atoms with van der Waals surface area (Å²) in [6.07, 6.45) is 19.7. The number of likely N-dealkylation sites (N-methyl/N-ethyl adjacent to an activating group) is 1. The standard InChI is InChI=1S/C26H52NO3S.HI/c1-4-5-6-7-8-9-10-11-12-13-14-15-16-17-22-31-24-26(30-25(2)28)23-27(3)18-20-29-21-19-27;/h26H,4-24H2,1-3H3;1H/q+1;/p-1. The van der Waals surface area contributed by atoms with E-state index in [4.69, 9.17) is 9.47 Å². The van der Waals surface area contributed by atoms with Gasteiger partial charge in [0.2, 0.25) is 0 Å². The number of nitrogens with zero attached hydrogens (tertiary/aromatic N) is 1. The summed E-state index contributed by atoms with van der Waals surface area (Å²) >= 11 is 1.96. The first kappa shape index (κ1) is 32.5. The number of halogens is 1. The molecule has 0 N–H and O–H groups in total. The summed E-state index contributed by atoms with van der Waals surface area (Å²) in [6.45, 7) is 8.39. The quantitative estimate of drug-likeness (QED) is 0.0947. The van der Waals surface area contributed by atoms with E-state index >= 15 is 0 Å². The zero-order valence-corrected chi connectivity index (χ0v) is 24.4. The number of esters is 1. The summed E-state index contributed by atoms with van der Waals surface area (Å²) in [7, 11) is 2.26. The van der Waals surface area contributed by atoms with Crippen LogP contribution in [0.5, 0.6) is 0 Å². The van der Waals surface area contributed by atoms with E-state index < -0.39 is 0 Å². The monoisotopic (exact) mass is 585 g/mol. The summed E-state index contributed by atoms with van der Waals surface area (Å²) in [5.41, 5.74) is 0. The molecule has 1 aliphatic heterocycles. The van der Waals surface area contributed by atoms with Gasteiger partial charge in [0.15, 0.2) is 6.10 Å². The third kappa shape index (κ3) is 18.8. The number of hydrogen-bond donors (Lipinski definition) is 0. The van der Waals surface area contributed by atoms with Crippen molar-refractivity contribution in [2.45, 2.75) is 110 Å². The molecule has 1 heterocycles. The molecule has 0 radical (unpaired) electrons. The van der Waals surface area contributed by atoms with Crippen molar-refractivity contribution in [1.82, 2.24) is 0 Å². The lowest BCUT2D eigenvalue weighted by molar-refractivity contribution is -0.919. The summed E-state index contributed by atoms with van der Waals surface area (Å²) < 4.78 is 12.1. The van der Waals surface area contributed by atoms with E-state index in [9.17, 15) is 4.79 Å². The molecular formula is C26H52INO3S. The van der Waals surface area contributed by atoms with Crippen LogP contribution in [-0.4, -0.2) is 68.0 Å². The molecule has 4 nitrogen and oxygen atoms in total. The number of morpholine rings is 1. The molecule has 1 saturated heterocycles. The molecule has 0 bridgehead atoms. The molecule has 1 unspecified atom stereocenters. The van der Waals surface area contributed by atoms with Gasteiger partial charge in [-0.1, -0.05) is 90.4 Å². The van der Waals surface area contributed by atoms with Crippen LogP contribution in [0.25, 0.3) is 0 Å². The number of ether oxygens (including phenoxy) is 2. The molecular weight excluding hydrogens is 533 g/mol. The normalized spacial score (nSPS) is 16.3. The Morgan fingerprint density at radius 1 is 0.875 bits per heavy atom. The van der Waals surface area contributed by atoms with Crippen LogP contribution in [-0.2, 0) is 14.3 Å². The van der Waals surface area contributed by atoms with Gasteiger partial charge in [-0.05, 0) is 12.2 Å². The first-order valence-electron chi connectivity index (χ1n) is 13.2. The van der Waals surface area contributed by atoms with Crippen molar-refractivity contribution in [3.8, 4) is 0 Å². The molecule has 0 spiro atoms. The maximum atomic E-state index is 11.5. The molecule has 1 rings (SSSR count). The molecule has 0 amide bonds. The second-order valence-corrected chi connectivity index (χ2v) is 10.9. The van der Waals surface area contributed by atoms with Gasteiger partial charge in [0, 0.05) is 12.7 Å². The van der Waals surface area contributed by atoms with Gasteiger partial charge in [0.05, 0.1) is 20.3 Å². The number of hydrogen-bond acceptors (Lipinski definition) is 4. The minimum atomic E-state index is -0.151. The molecule has 32 heavy (non-hydrogen) atoms. The first-order chi connectivity index (χ1) is 15.1. The Bertz CT molecular complexity index is 433. The van der Waals surface area contributed by atoms with Crippen molar-refractivity contribution < 1.29 is 42.7 Å². The largest absolute Gasteiger partial charge is 1.00 e. The fraction of sp³-hybridized carbons (Fsp3) is 0.962. The zero-order valence-electron chi connectivity index (χ0n) is 21.4. The zero-order chi connectivity index (χ0) is 22.6. The predicted molar refractivity (Wildman–Crippen MR) is 135 cm³/mol. The summed E-state index contributed by atoms with van der Waals surface area (Å²) in [5, 5.41) is 0. The number of carbonyl (C=O) groups excluding carboxylic acids is 1. The van der Waals surface area contributed by atoms with Crippen LogP contribution >= 0.6 is 11.8 Å². The van der Waals surface area contributed by atoms with Crippen LogP contribution in [0.15, 0.2) is 0 Å². The van der Waals surface area contributed by atoms with E-state index in [1.807, 2.05) is 11.8 Å². The van der Waals surface area contributed by atoms with Crippen molar-refractivity contribution in [2.75, 3.05) is 51.4 Å². The molecule has 0 aromatic carbocycles. The van der Waals surface area contributed by atoms with Gasteiger partial charge in [0.1, 0.15) is 19.6 Å². The molecule has 1 fully saturated rings. The predicted octanol–water partition coefficient (Wildman–Crippen LogP) is 3.61. The smallest absolute Gasteiger partial charge is 0.303 e. The van der Waals surface area contributed by atoms with Gasteiger partial charge in [0.25, 0.3) is 0 Å². The molecule has 0 aromatic rings. The van der Waals surface area contributed by atoms with E-state index in [1.54, 1.807) is 0 Å². The molecule has 0 aromatic heterocycles. The third-order valence-electron chi connectivity index (χ3n) is 6.47. The van der Waals surface area contributed by atoms with Gasteiger partial charge >= 0.3 is 5.97 Å². The fourth-order valence-electron chi connectivity index (χ4n) is 4.43. The summed E-state index contributed by atoms with van der Waals surface area (Å²) in [5.74, 6) is 1.96. The average molecular weight is 586 g/mol. The second-order valence-electron chi connectivity index (χ2n) is 9.76.